The van der Waals surface area contributed by atoms with Gasteiger partial charge in [-0.3, -0.25) is 0 Å². The molecule has 0 bridgehead atoms. The van der Waals surface area contributed by atoms with Gasteiger partial charge in [-0.1, -0.05) is 12.1 Å². The molecule has 1 aromatic rings. The Bertz CT molecular complexity index is 621. The monoisotopic (exact) mass is 330 g/mol. The molecule has 0 unspecified atom stereocenters. The number of urea groups is 1. The third-order valence-corrected chi connectivity index (χ3v) is 4.94. The summed E-state index contributed by atoms with van der Waals surface area (Å²) in [5, 5.41) is 2.71. The zero-order valence-electron chi connectivity index (χ0n) is 12.3. The fourth-order valence-corrected chi connectivity index (χ4v) is 3.24. The number of rotatable bonds is 4. The number of sulfone groups is 1. The number of amides is 2. The standard InChI is InChI=1S/C14H19FN2O4S/c1-11(10-21-13-5-3-2-4-12(13)15)16-14(18)17-6-8-22(19,20)9-7-17/h2-5,11H,6-10H2,1H3,(H,16,18)/t11-/m1/s1. The lowest BCUT2D eigenvalue weighted by Crippen LogP contribution is -2.51. The van der Waals surface area contributed by atoms with Gasteiger partial charge in [-0.2, -0.15) is 0 Å². The maximum absolute atomic E-state index is 13.4. The first-order valence-electron chi connectivity index (χ1n) is 7.00. The summed E-state index contributed by atoms with van der Waals surface area (Å²) in [6.45, 7) is 2.24. The van der Waals surface area contributed by atoms with Crippen molar-refractivity contribution in [2.24, 2.45) is 0 Å². The van der Waals surface area contributed by atoms with Crippen LogP contribution in [-0.4, -0.2) is 56.6 Å². The van der Waals surface area contributed by atoms with Crippen LogP contribution in [0, 0.1) is 5.82 Å². The topological polar surface area (TPSA) is 75.7 Å². The highest BCUT2D eigenvalue weighted by atomic mass is 32.2. The third kappa shape index (κ3) is 4.59. The molecule has 1 aliphatic heterocycles. The van der Waals surface area contributed by atoms with E-state index in [0.717, 1.165) is 0 Å². The van der Waals surface area contributed by atoms with Crippen LogP contribution in [0.5, 0.6) is 5.75 Å². The molecule has 2 amide bonds. The molecule has 2 rings (SSSR count). The van der Waals surface area contributed by atoms with Crippen molar-refractivity contribution in [3.8, 4) is 5.75 Å². The zero-order valence-corrected chi connectivity index (χ0v) is 13.1. The quantitative estimate of drug-likeness (QED) is 0.895. The van der Waals surface area contributed by atoms with E-state index in [1.165, 1.54) is 17.0 Å². The van der Waals surface area contributed by atoms with E-state index in [1.807, 2.05) is 0 Å². The average molecular weight is 330 g/mol. The Balaban J connectivity index is 1.78. The molecule has 8 heteroatoms. The van der Waals surface area contributed by atoms with E-state index in [4.69, 9.17) is 4.74 Å². The average Bonchev–Trinajstić information content (AvgIpc) is 2.46. The second-order valence-corrected chi connectivity index (χ2v) is 7.53. The Morgan fingerprint density at radius 1 is 1.36 bits per heavy atom. The van der Waals surface area contributed by atoms with Gasteiger partial charge in [0.2, 0.25) is 0 Å². The molecule has 22 heavy (non-hydrogen) atoms. The molecule has 0 radical (unpaired) electrons. The van der Waals surface area contributed by atoms with Gasteiger partial charge in [-0.05, 0) is 19.1 Å². The summed E-state index contributed by atoms with van der Waals surface area (Å²) in [4.78, 5) is 13.4. The number of nitrogens with zero attached hydrogens (tertiary/aromatic N) is 1. The van der Waals surface area contributed by atoms with Crippen LogP contribution in [0.4, 0.5) is 9.18 Å². The van der Waals surface area contributed by atoms with E-state index in [1.54, 1.807) is 19.1 Å². The number of carbonyl (C=O) groups is 1. The molecule has 1 saturated heterocycles. The van der Waals surface area contributed by atoms with Crippen LogP contribution in [0.15, 0.2) is 24.3 Å². The molecular formula is C14H19FN2O4S. The molecule has 1 atom stereocenters. The van der Waals surface area contributed by atoms with E-state index in [2.05, 4.69) is 5.32 Å². The third-order valence-electron chi connectivity index (χ3n) is 3.33. The molecule has 122 valence electrons. The molecule has 1 aliphatic rings. The number of ether oxygens (including phenoxy) is 1. The summed E-state index contributed by atoms with van der Waals surface area (Å²) < 4.78 is 41.3. The first kappa shape index (κ1) is 16.5. The second kappa shape index (κ2) is 6.95. The maximum Gasteiger partial charge on any atom is 0.317 e. The number of benzene rings is 1. The maximum atomic E-state index is 13.4. The van der Waals surface area contributed by atoms with Gasteiger partial charge in [-0.15, -0.1) is 0 Å². The van der Waals surface area contributed by atoms with Crippen molar-refractivity contribution in [2.45, 2.75) is 13.0 Å². The van der Waals surface area contributed by atoms with Crippen molar-refractivity contribution >= 4 is 15.9 Å². The largest absolute Gasteiger partial charge is 0.488 e. The van der Waals surface area contributed by atoms with Gasteiger partial charge in [0.15, 0.2) is 21.4 Å². The Labute approximate surface area is 129 Å². The van der Waals surface area contributed by atoms with E-state index < -0.39 is 15.7 Å². The number of halogens is 1. The molecule has 1 N–H and O–H groups in total. The predicted molar refractivity (Wildman–Crippen MR) is 80.1 cm³/mol. The first-order valence-corrected chi connectivity index (χ1v) is 8.83. The minimum atomic E-state index is -3.02. The van der Waals surface area contributed by atoms with Crippen LogP contribution >= 0.6 is 0 Å². The van der Waals surface area contributed by atoms with E-state index >= 15 is 0 Å². The van der Waals surface area contributed by atoms with E-state index in [0.29, 0.717) is 0 Å². The molecule has 1 heterocycles. The van der Waals surface area contributed by atoms with Crippen molar-refractivity contribution in [3.05, 3.63) is 30.1 Å². The minimum Gasteiger partial charge on any atom is -0.488 e. The van der Waals surface area contributed by atoms with E-state index in [9.17, 15) is 17.6 Å². The normalized spacial score (nSPS) is 18.5. The molecule has 1 aromatic carbocycles. The van der Waals surface area contributed by atoms with Crippen LogP contribution in [0.1, 0.15) is 6.92 Å². The Morgan fingerprint density at radius 2 is 2.00 bits per heavy atom. The lowest BCUT2D eigenvalue weighted by Gasteiger charge is -2.28. The summed E-state index contributed by atoms with van der Waals surface area (Å²) in [6.07, 6.45) is 0. The Morgan fingerprint density at radius 3 is 2.64 bits per heavy atom. The minimum absolute atomic E-state index is 0.0134. The molecule has 6 nitrogen and oxygen atoms in total. The highest BCUT2D eigenvalue weighted by Gasteiger charge is 2.25. The molecule has 1 fully saturated rings. The lowest BCUT2D eigenvalue weighted by molar-refractivity contribution is 0.190. The van der Waals surface area contributed by atoms with Crippen LogP contribution in [0.2, 0.25) is 0 Å². The second-order valence-electron chi connectivity index (χ2n) is 5.23. The van der Waals surface area contributed by atoms with Gasteiger partial charge in [0, 0.05) is 13.1 Å². The van der Waals surface area contributed by atoms with Gasteiger partial charge in [-0.25, -0.2) is 17.6 Å². The van der Waals surface area contributed by atoms with Gasteiger partial charge >= 0.3 is 6.03 Å². The molecule has 0 aromatic heterocycles. The first-order chi connectivity index (χ1) is 10.4. The number of nitrogens with one attached hydrogen (secondary N) is 1. The number of hydrogen-bond acceptors (Lipinski definition) is 4. The highest BCUT2D eigenvalue weighted by molar-refractivity contribution is 7.91. The van der Waals surface area contributed by atoms with Gasteiger partial charge < -0.3 is 15.0 Å². The van der Waals surface area contributed by atoms with Crippen LogP contribution in [-0.2, 0) is 9.84 Å². The van der Waals surface area contributed by atoms with Crippen molar-refractivity contribution < 1.29 is 22.3 Å². The number of para-hydroxylation sites is 1. The van der Waals surface area contributed by atoms with Gasteiger partial charge in [0.05, 0.1) is 17.5 Å². The Kier molecular flexibility index (Phi) is 5.23. The molecule has 0 saturated carbocycles. The summed E-state index contributed by atoms with van der Waals surface area (Å²) in [7, 11) is -3.02. The lowest BCUT2D eigenvalue weighted by atomic mass is 10.3. The molecular weight excluding hydrogens is 311 g/mol. The van der Waals surface area contributed by atoms with Crippen LogP contribution in [0.25, 0.3) is 0 Å². The summed E-state index contributed by atoms with van der Waals surface area (Å²) in [5.74, 6) is -0.351. The summed E-state index contributed by atoms with van der Waals surface area (Å²) in [6, 6.07) is 5.38. The van der Waals surface area contributed by atoms with Gasteiger partial charge in [0.1, 0.15) is 6.61 Å². The molecule has 0 aliphatic carbocycles. The molecule has 0 spiro atoms. The SMILES string of the molecule is C[C@H](COc1ccccc1F)NC(=O)N1CCS(=O)(=O)CC1. The predicted octanol–water partition coefficient (Wildman–Crippen LogP) is 1.03. The van der Waals surface area contributed by atoms with Gasteiger partial charge in [0.25, 0.3) is 0 Å². The van der Waals surface area contributed by atoms with Crippen LogP contribution in [0.3, 0.4) is 0 Å². The number of carbonyl (C=O) groups excluding carboxylic acids is 1. The summed E-state index contributed by atoms with van der Waals surface area (Å²) in [5.41, 5.74) is 0. The van der Waals surface area contributed by atoms with Crippen molar-refractivity contribution in [1.29, 1.82) is 0 Å². The van der Waals surface area contributed by atoms with Crippen LogP contribution < -0.4 is 10.1 Å². The fraction of sp³-hybridized carbons (Fsp3) is 0.500. The zero-order chi connectivity index (χ0) is 16.2. The van der Waals surface area contributed by atoms with E-state index in [-0.39, 0.29) is 49.0 Å². The highest BCUT2D eigenvalue weighted by Crippen LogP contribution is 2.15. The van der Waals surface area contributed by atoms with Crippen molar-refractivity contribution in [3.63, 3.8) is 0 Å². The fourth-order valence-electron chi connectivity index (χ4n) is 2.04. The summed E-state index contributed by atoms with van der Waals surface area (Å²) >= 11 is 0. The van der Waals surface area contributed by atoms with Crippen molar-refractivity contribution in [2.75, 3.05) is 31.2 Å². The number of hydrogen-bond donors (Lipinski definition) is 1. The Hall–Kier alpha value is -1.83. The van der Waals surface area contributed by atoms with Crippen molar-refractivity contribution in [1.82, 2.24) is 10.2 Å². The smallest absolute Gasteiger partial charge is 0.317 e.